The van der Waals surface area contributed by atoms with E-state index in [9.17, 15) is 9.59 Å². The Morgan fingerprint density at radius 3 is 1.88 bits per heavy atom. The maximum Gasteiger partial charge on any atom is 0.169 e. The van der Waals surface area contributed by atoms with Crippen molar-refractivity contribution in [3.05, 3.63) is 23.3 Å². The Labute approximate surface area is 99.5 Å². The minimum absolute atomic E-state index is 0.133. The number of hydrogen-bond acceptors (Lipinski definition) is 3. The summed E-state index contributed by atoms with van der Waals surface area (Å²) in [5.41, 5.74) is 2.57. The number of allylic oxidation sites excluding steroid dienone is 4. The first kappa shape index (κ1) is 9.77. The van der Waals surface area contributed by atoms with Gasteiger partial charge in [0.1, 0.15) is 0 Å². The van der Waals surface area contributed by atoms with Gasteiger partial charge >= 0.3 is 0 Å². The van der Waals surface area contributed by atoms with E-state index < -0.39 is 12.2 Å². The van der Waals surface area contributed by atoms with Gasteiger partial charge in [0.05, 0.1) is 0 Å². The fraction of sp³-hybridized carbons (Fsp3) is 0.571. The van der Waals surface area contributed by atoms with Crippen molar-refractivity contribution in [1.29, 1.82) is 0 Å². The lowest BCUT2D eigenvalue weighted by Gasteiger charge is -2.26. The standard InChI is InChI=1S/C14H14O3/c1-5(2)8-6-3-4-7(8)10-9(6)11(15)13-14(17-13)12(10)16/h3-4,6-7,9-10,13-14H,1-2H3/t6-,7+,9-,10-,13+,14-/m1/s1. The van der Waals surface area contributed by atoms with Gasteiger partial charge in [-0.3, -0.25) is 9.59 Å². The summed E-state index contributed by atoms with van der Waals surface area (Å²) >= 11 is 0. The number of fused-ring (bicyclic) bond motifs is 6. The molecule has 0 N–H and O–H groups in total. The van der Waals surface area contributed by atoms with Gasteiger partial charge in [0.2, 0.25) is 0 Å². The summed E-state index contributed by atoms with van der Waals surface area (Å²) in [4.78, 5) is 24.4. The molecular weight excluding hydrogens is 216 g/mol. The maximum atomic E-state index is 12.2. The normalized spacial score (nSPS) is 49.4. The van der Waals surface area contributed by atoms with E-state index in [2.05, 4.69) is 26.0 Å². The second-order valence-corrected chi connectivity index (χ2v) is 5.73. The van der Waals surface area contributed by atoms with Crippen molar-refractivity contribution in [3.8, 4) is 0 Å². The summed E-state index contributed by atoms with van der Waals surface area (Å²) in [5.74, 6) is 0.385. The average Bonchev–Trinajstić information content (AvgIpc) is 2.89. The zero-order chi connectivity index (χ0) is 11.9. The number of Topliss-reactive ketones (excluding diaryl/α,β-unsaturated/α-hetero) is 2. The smallest absolute Gasteiger partial charge is 0.169 e. The fourth-order valence-corrected chi connectivity index (χ4v) is 4.04. The highest BCUT2D eigenvalue weighted by atomic mass is 16.6. The number of rotatable bonds is 0. The van der Waals surface area contributed by atoms with Gasteiger partial charge in [0.15, 0.2) is 23.8 Å². The van der Waals surface area contributed by atoms with Crippen LogP contribution >= 0.6 is 0 Å². The highest BCUT2D eigenvalue weighted by molar-refractivity contribution is 6.07. The lowest BCUT2D eigenvalue weighted by molar-refractivity contribution is -0.135. The molecule has 3 aliphatic carbocycles. The van der Waals surface area contributed by atoms with E-state index in [1.807, 2.05) is 0 Å². The lowest BCUT2D eigenvalue weighted by atomic mass is 9.72. The molecule has 1 aliphatic heterocycles. The predicted octanol–water partition coefficient (Wildman–Crippen LogP) is 1.29. The average molecular weight is 230 g/mol. The molecule has 3 heteroatoms. The third-order valence-corrected chi connectivity index (χ3v) is 4.69. The van der Waals surface area contributed by atoms with Crippen LogP contribution in [0.5, 0.6) is 0 Å². The first-order valence-corrected chi connectivity index (χ1v) is 6.20. The van der Waals surface area contributed by atoms with Gasteiger partial charge in [-0.05, 0) is 13.8 Å². The second-order valence-electron chi connectivity index (χ2n) is 5.73. The first-order valence-electron chi connectivity index (χ1n) is 6.20. The van der Waals surface area contributed by atoms with E-state index in [0.717, 1.165) is 0 Å². The maximum absolute atomic E-state index is 12.2. The topological polar surface area (TPSA) is 46.7 Å². The first-order chi connectivity index (χ1) is 8.11. The zero-order valence-electron chi connectivity index (χ0n) is 9.84. The molecule has 0 aromatic carbocycles. The molecule has 2 saturated carbocycles. The van der Waals surface area contributed by atoms with Crippen LogP contribution in [0.3, 0.4) is 0 Å². The minimum atomic E-state index is -0.407. The number of carbonyl (C=O) groups excluding carboxylic acids is 2. The molecule has 0 aromatic heterocycles. The lowest BCUT2D eigenvalue weighted by Crippen LogP contribution is -2.43. The fourth-order valence-electron chi connectivity index (χ4n) is 4.04. The molecule has 0 aromatic rings. The molecule has 0 spiro atoms. The Morgan fingerprint density at radius 1 is 1.00 bits per heavy atom. The summed E-state index contributed by atoms with van der Waals surface area (Å²) in [6.45, 7) is 4.15. The molecular formula is C14H14O3. The van der Waals surface area contributed by atoms with Crippen LogP contribution in [0, 0.1) is 23.7 Å². The molecule has 0 unspecified atom stereocenters. The SMILES string of the molecule is CC(C)=C1[C@H]2C=C[C@@H]1[C@H]1C(=O)[C@H]3O[C@H]3C(=O)[C@@H]12. The Hall–Kier alpha value is -1.22. The monoisotopic (exact) mass is 230 g/mol. The molecule has 1 heterocycles. The van der Waals surface area contributed by atoms with Gasteiger partial charge in [0, 0.05) is 23.7 Å². The van der Waals surface area contributed by atoms with Gasteiger partial charge in [-0.1, -0.05) is 23.3 Å². The molecule has 4 aliphatic rings. The molecule has 2 bridgehead atoms. The van der Waals surface area contributed by atoms with Crippen molar-refractivity contribution < 1.29 is 14.3 Å². The third kappa shape index (κ3) is 0.974. The summed E-state index contributed by atoms with van der Waals surface area (Å²) < 4.78 is 5.22. The summed E-state index contributed by atoms with van der Waals surface area (Å²) in [6.07, 6.45) is 3.41. The Kier molecular flexibility index (Phi) is 1.60. The molecule has 6 atom stereocenters. The van der Waals surface area contributed by atoms with Gasteiger partial charge in [-0.15, -0.1) is 0 Å². The van der Waals surface area contributed by atoms with Crippen molar-refractivity contribution >= 4 is 11.6 Å². The van der Waals surface area contributed by atoms with Crippen LogP contribution in [-0.2, 0) is 14.3 Å². The van der Waals surface area contributed by atoms with Gasteiger partial charge < -0.3 is 4.74 Å². The highest BCUT2D eigenvalue weighted by Crippen LogP contribution is 2.58. The summed E-state index contributed by atoms with van der Waals surface area (Å²) in [6, 6.07) is 0. The van der Waals surface area contributed by atoms with Crippen molar-refractivity contribution in [2.75, 3.05) is 0 Å². The van der Waals surface area contributed by atoms with E-state index in [4.69, 9.17) is 4.74 Å². The van der Waals surface area contributed by atoms with Crippen LogP contribution in [-0.4, -0.2) is 23.8 Å². The molecule has 0 radical (unpaired) electrons. The van der Waals surface area contributed by atoms with Gasteiger partial charge in [-0.25, -0.2) is 0 Å². The third-order valence-electron chi connectivity index (χ3n) is 4.69. The van der Waals surface area contributed by atoms with E-state index in [0.29, 0.717) is 0 Å². The number of ether oxygens (including phenoxy) is 1. The van der Waals surface area contributed by atoms with Crippen LogP contribution in [0.25, 0.3) is 0 Å². The number of carbonyl (C=O) groups is 2. The van der Waals surface area contributed by atoms with Crippen LogP contribution < -0.4 is 0 Å². The predicted molar refractivity (Wildman–Crippen MR) is 60.1 cm³/mol. The molecule has 3 fully saturated rings. The van der Waals surface area contributed by atoms with Gasteiger partial charge in [-0.2, -0.15) is 0 Å². The van der Waals surface area contributed by atoms with Gasteiger partial charge in [0.25, 0.3) is 0 Å². The quantitative estimate of drug-likeness (QED) is 0.465. The molecule has 0 amide bonds. The Bertz CT molecular complexity index is 472. The van der Waals surface area contributed by atoms with Crippen molar-refractivity contribution in [2.45, 2.75) is 26.1 Å². The molecule has 88 valence electrons. The highest BCUT2D eigenvalue weighted by Gasteiger charge is 2.67. The van der Waals surface area contributed by atoms with Crippen LogP contribution in [0.4, 0.5) is 0 Å². The van der Waals surface area contributed by atoms with Crippen molar-refractivity contribution in [3.63, 3.8) is 0 Å². The Balaban J connectivity index is 1.87. The van der Waals surface area contributed by atoms with E-state index in [-0.39, 0.29) is 35.2 Å². The largest absolute Gasteiger partial charge is 0.353 e. The van der Waals surface area contributed by atoms with E-state index in [1.165, 1.54) is 11.1 Å². The minimum Gasteiger partial charge on any atom is -0.353 e. The van der Waals surface area contributed by atoms with E-state index in [1.54, 1.807) is 0 Å². The summed E-state index contributed by atoms with van der Waals surface area (Å²) in [5, 5.41) is 0. The zero-order valence-corrected chi connectivity index (χ0v) is 9.84. The number of epoxide rings is 1. The van der Waals surface area contributed by atoms with Crippen LogP contribution in [0.2, 0.25) is 0 Å². The molecule has 17 heavy (non-hydrogen) atoms. The summed E-state index contributed by atoms with van der Waals surface area (Å²) in [7, 11) is 0. The van der Waals surface area contributed by atoms with Crippen molar-refractivity contribution in [2.24, 2.45) is 23.7 Å². The van der Waals surface area contributed by atoms with Crippen LogP contribution in [0.15, 0.2) is 23.3 Å². The van der Waals surface area contributed by atoms with Crippen LogP contribution in [0.1, 0.15) is 13.8 Å². The number of ketones is 2. The van der Waals surface area contributed by atoms with Crippen molar-refractivity contribution in [1.82, 2.24) is 0 Å². The number of hydrogen-bond donors (Lipinski definition) is 0. The molecule has 4 rings (SSSR count). The second kappa shape index (κ2) is 2.78. The Morgan fingerprint density at radius 2 is 1.47 bits per heavy atom. The molecule has 1 saturated heterocycles. The van der Waals surface area contributed by atoms with E-state index >= 15 is 0 Å². The molecule has 3 nitrogen and oxygen atoms in total.